The van der Waals surface area contributed by atoms with Gasteiger partial charge in [0.15, 0.2) is 0 Å². The lowest BCUT2D eigenvalue weighted by molar-refractivity contribution is -0.140. The van der Waals surface area contributed by atoms with Crippen molar-refractivity contribution in [3.8, 4) is 5.75 Å². The minimum absolute atomic E-state index is 0.0368. The van der Waals surface area contributed by atoms with Gasteiger partial charge in [0.05, 0.1) is 18.7 Å². The van der Waals surface area contributed by atoms with Crippen molar-refractivity contribution in [1.82, 2.24) is 9.88 Å². The van der Waals surface area contributed by atoms with Gasteiger partial charge in [0.1, 0.15) is 11.5 Å². The molecule has 0 bridgehead atoms. The van der Waals surface area contributed by atoms with Crippen molar-refractivity contribution in [3.63, 3.8) is 0 Å². The van der Waals surface area contributed by atoms with E-state index in [4.69, 9.17) is 4.74 Å². The molecule has 34 heavy (non-hydrogen) atoms. The summed E-state index contributed by atoms with van der Waals surface area (Å²) in [5, 5.41) is 13.2. The minimum atomic E-state index is -0.824. The van der Waals surface area contributed by atoms with Gasteiger partial charge < -0.3 is 14.7 Å². The highest BCUT2D eigenvalue weighted by Gasteiger charge is 2.47. The molecule has 1 saturated heterocycles. The average Bonchev–Trinajstić information content (AvgIpc) is 3.13. The minimum Gasteiger partial charge on any atom is -0.507 e. The van der Waals surface area contributed by atoms with Crippen molar-refractivity contribution in [1.29, 1.82) is 0 Å². The molecule has 2 heterocycles. The lowest BCUT2D eigenvalue weighted by atomic mass is 9.93. The molecule has 1 aliphatic heterocycles. The van der Waals surface area contributed by atoms with Crippen LogP contribution in [0.15, 0.2) is 96.8 Å². The SMILES string of the molecule is COc1ccccc1C1/C(=C(\O)c2cccc3ccccc23)C(=O)C(=O)N1Cc1cccnc1. The van der Waals surface area contributed by atoms with E-state index in [1.807, 2.05) is 60.7 Å². The number of likely N-dealkylation sites (tertiary alicyclic amines) is 1. The Morgan fingerprint density at radius 3 is 2.53 bits per heavy atom. The summed E-state index contributed by atoms with van der Waals surface area (Å²) in [5.74, 6) is -1.10. The number of amides is 1. The third-order valence-electron chi connectivity index (χ3n) is 6.09. The third kappa shape index (κ3) is 3.59. The molecule has 168 valence electrons. The van der Waals surface area contributed by atoms with Crippen LogP contribution in [0.3, 0.4) is 0 Å². The number of benzene rings is 3. The second kappa shape index (κ2) is 8.83. The van der Waals surface area contributed by atoms with Gasteiger partial charge in [-0.1, -0.05) is 66.7 Å². The van der Waals surface area contributed by atoms with Gasteiger partial charge in [-0.25, -0.2) is 0 Å². The zero-order valence-electron chi connectivity index (χ0n) is 18.5. The van der Waals surface area contributed by atoms with Crippen molar-refractivity contribution in [2.24, 2.45) is 0 Å². The molecule has 6 heteroatoms. The summed E-state index contributed by atoms with van der Waals surface area (Å²) in [6.45, 7) is 0.160. The highest BCUT2D eigenvalue weighted by molar-refractivity contribution is 6.46. The van der Waals surface area contributed by atoms with Crippen molar-refractivity contribution in [2.45, 2.75) is 12.6 Å². The summed E-state index contributed by atoms with van der Waals surface area (Å²) in [6.07, 6.45) is 3.30. The van der Waals surface area contributed by atoms with Gasteiger partial charge in [-0.3, -0.25) is 14.6 Å². The number of aliphatic hydroxyl groups is 1. The van der Waals surface area contributed by atoms with Crippen LogP contribution in [0.4, 0.5) is 0 Å². The van der Waals surface area contributed by atoms with Crippen LogP contribution in [0, 0.1) is 0 Å². The monoisotopic (exact) mass is 450 g/mol. The predicted octanol–water partition coefficient (Wildman–Crippen LogP) is 4.87. The molecule has 4 aromatic rings. The van der Waals surface area contributed by atoms with Gasteiger partial charge in [-0.15, -0.1) is 0 Å². The fourth-order valence-corrected chi connectivity index (χ4v) is 4.52. The van der Waals surface area contributed by atoms with Crippen LogP contribution < -0.4 is 4.74 Å². The molecular weight excluding hydrogens is 428 g/mol. The largest absolute Gasteiger partial charge is 0.507 e. The fourth-order valence-electron chi connectivity index (χ4n) is 4.52. The van der Waals surface area contributed by atoms with Crippen molar-refractivity contribution in [2.75, 3.05) is 7.11 Å². The lowest BCUT2D eigenvalue weighted by Gasteiger charge is -2.26. The van der Waals surface area contributed by atoms with E-state index < -0.39 is 17.7 Å². The number of hydrogen-bond acceptors (Lipinski definition) is 5. The smallest absolute Gasteiger partial charge is 0.295 e. The quantitative estimate of drug-likeness (QED) is 0.267. The number of ether oxygens (including phenoxy) is 1. The topological polar surface area (TPSA) is 79.7 Å². The Balaban J connectivity index is 1.74. The molecule has 1 aliphatic rings. The fraction of sp³-hybridized carbons (Fsp3) is 0.107. The number of aliphatic hydroxyl groups excluding tert-OH is 1. The molecule has 1 aromatic heterocycles. The standard InChI is InChI=1S/C28H22N2O4/c1-34-23-14-5-4-12-22(23)25-24(26(31)21-13-6-10-19-9-2-3-11-20(19)21)27(32)28(33)30(25)17-18-8-7-15-29-16-18/h2-16,25,31H,17H2,1H3/b26-24+. The lowest BCUT2D eigenvalue weighted by Crippen LogP contribution is -2.29. The summed E-state index contributed by atoms with van der Waals surface area (Å²) in [5.41, 5.74) is 1.93. The maximum Gasteiger partial charge on any atom is 0.295 e. The van der Waals surface area contributed by atoms with Crippen LogP contribution in [-0.2, 0) is 16.1 Å². The summed E-state index contributed by atoms with van der Waals surface area (Å²) in [6, 6.07) is 23.1. The summed E-state index contributed by atoms with van der Waals surface area (Å²) in [7, 11) is 1.54. The van der Waals surface area contributed by atoms with E-state index in [1.165, 1.54) is 12.0 Å². The summed E-state index contributed by atoms with van der Waals surface area (Å²) in [4.78, 5) is 32.2. The van der Waals surface area contributed by atoms with E-state index in [0.717, 1.165) is 16.3 Å². The number of pyridine rings is 1. The summed E-state index contributed by atoms with van der Waals surface area (Å²) >= 11 is 0. The van der Waals surface area contributed by atoms with Crippen molar-refractivity contribution < 1.29 is 19.4 Å². The summed E-state index contributed by atoms with van der Waals surface area (Å²) < 4.78 is 5.56. The van der Waals surface area contributed by atoms with Crippen molar-refractivity contribution >= 4 is 28.2 Å². The molecule has 5 rings (SSSR count). The zero-order valence-corrected chi connectivity index (χ0v) is 18.5. The Bertz CT molecular complexity index is 1420. The number of aromatic nitrogens is 1. The molecule has 1 N–H and O–H groups in total. The number of hydrogen-bond donors (Lipinski definition) is 1. The van der Waals surface area contributed by atoms with E-state index in [0.29, 0.717) is 16.9 Å². The van der Waals surface area contributed by atoms with Gasteiger partial charge in [-0.05, 0) is 28.5 Å². The maximum atomic E-state index is 13.4. The van der Waals surface area contributed by atoms with Gasteiger partial charge in [0.25, 0.3) is 11.7 Å². The molecule has 0 aliphatic carbocycles. The van der Waals surface area contributed by atoms with Crippen LogP contribution in [0.1, 0.15) is 22.7 Å². The molecule has 6 nitrogen and oxygen atoms in total. The number of carbonyl (C=O) groups is 2. The second-order valence-corrected chi connectivity index (χ2v) is 8.06. The van der Waals surface area contributed by atoms with Gasteiger partial charge in [0, 0.05) is 30.1 Å². The molecule has 0 saturated carbocycles. The molecule has 1 amide bonds. The molecule has 1 atom stereocenters. The number of methoxy groups -OCH3 is 1. The number of rotatable bonds is 5. The Hall–Kier alpha value is -4.45. The van der Waals surface area contributed by atoms with Crippen LogP contribution >= 0.6 is 0 Å². The van der Waals surface area contributed by atoms with E-state index in [-0.39, 0.29) is 17.9 Å². The first-order chi connectivity index (χ1) is 16.6. The predicted molar refractivity (Wildman–Crippen MR) is 129 cm³/mol. The third-order valence-corrected chi connectivity index (χ3v) is 6.09. The average molecular weight is 450 g/mol. The molecule has 0 radical (unpaired) electrons. The maximum absolute atomic E-state index is 13.4. The van der Waals surface area contributed by atoms with Crippen molar-refractivity contribution in [3.05, 3.63) is 114 Å². The highest BCUT2D eigenvalue weighted by Crippen LogP contribution is 2.44. The first kappa shape index (κ1) is 21.4. The van der Waals surface area contributed by atoms with Gasteiger partial charge in [0.2, 0.25) is 0 Å². The molecular formula is C28H22N2O4. The van der Waals surface area contributed by atoms with E-state index in [9.17, 15) is 14.7 Å². The first-order valence-corrected chi connectivity index (χ1v) is 10.9. The number of para-hydroxylation sites is 1. The Morgan fingerprint density at radius 2 is 1.74 bits per heavy atom. The number of fused-ring (bicyclic) bond motifs is 1. The van der Waals surface area contributed by atoms with E-state index in [1.54, 1.807) is 30.6 Å². The number of Topliss-reactive ketones (excluding diaryl/α,β-unsaturated/α-hetero) is 1. The molecule has 0 spiro atoms. The Kier molecular flexibility index (Phi) is 5.55. The van der Waals surface area contributed by atoms with E-state index >= 15 is 0 Å². The normalized spacial score (nSPS) is 17.3. The number of ketones is 1. The second-order valence-electron chi connectivity index (χ2n) is 8.06. The molecule has 1 fully saturated rings. The molecule has 1 unspecified atom stereocenters. The zero-order chi connectivity index (χ0) is 23.7. The van der Waals surface area contributed by atoms with E-state index in [2.05, 4.69) is 4.98 Å². The molecule has 3 aromatic carbocycles. The number of carbonyl (C=O) groups excluding carboxylic acids is 2. The number of nitrogens with zero attached hydrogens (tertiary/aromatic N) is 2. The Morgan fingerprint density at radius 1 is 0.971 bits per heavy atom. The first-order valence-electron chi connectivity index (χ1n) is 10.9. The van der Waals surface area contributed by atoms with Crippen LogP contribution in [0.25, 0.3) is 16.5 Å². The van der Waals surface area contributed by atoms with Crippen LogP contribution in [-0.4, -0.2) is 33.8 Å². The highest BCUT2D eigenvalue weighted by atomic mass is 16.5. The van der Waals surface area contributed by atoms with Gasteiger partial charge in [-0.2, -0.15) is 0 Å². The van der Waals surface area contributed by atoms with Gasteiger partial charge >= 0.3 is 0 Å². The Labute approximate surface area is 196 Å². The van der Waals surface area contributed by atoms with Crippen LogP contribution in [0.2, 0.25) is 0 Å². The van der Waals surface area contributed by atoms with Crippen LogP contribution in [0.5, 0.6) is 5.75 Å².